The van der Waals surface area contributed by atoms with Crippen LogP contribution in [0, 0.1) is 5.92 Å². The molecule has 0 aliphatic rings. The zero-order valence-corrected chi connectivity index (χ0v) is 16.2. The molecule has 0 aromatic heterocycles. The highest BCUT2D eigenvalue weighted by atomic mass is 14.0. The van der Waals surface area contributed by atoms with Crippen LogP contribution in [-0.2, 0) is 0 Å². The molecule has 0 aromatic rings. The minimum Gasteiger partial charge on any atom is -0.0654 e. The normalized spacial score (nSPS) is 10.6. The Labute approximate surface area is 137 Å². The van der Waals surface area contributed by atoms with Crippen LogP contribution in [0.2, 0.25) is 0 Å². The van der Waals surface area contributed by atoms with E-state index in [0.717, 1.165) is 5.92 Å². The summed E-state index contributed by atoms with van der Waals surface area (Å²) < 4.78 is 0. The van der Waals surface area contributed by atoms with Crippen molar-refractivity contribution in [1.82, 2.24) is 0 Å². The third kappa shape index (κ3) is 28.8. The summed E-state index contributed by atoms with van der Waals surface area (Å²) in [6.45, 7) is 11.4. The highest BCUT2D eigenvalue weighted by Gasteiger charge is 1.94. The van der Waals surface area contributed by atoms with Crippen LogP contribution in [0.1, 0.15) is 131 Å². The van der Waals surface area contributed by atoms with Crippen molar-refractivity contribution in [1.29, 1.82) is 0 Å². The minimum atomic E-state index is 0.903. The van der Waals surface area contributed by atoms with Crippen molar-refractivity contribution in [3.8, 4) is 0 Å². The Morgan fingerprint density at radius 2 is 0.714 bits per heavy atom. The van der Waals surface area contributed by atoms with Gasteiger partial charge in [-0.25, -0.2) is 0 Å². The molecule has 0 spiro atoms. The molecule has 0 radical (unpaired) electrons. The van der Waals surface area contributed by atoms with Gasteiger partial charge in [0.15, 0.2) is 0 Å². The molecule has 0 N–H and O–H groups in total. The smallest absolute Gasteiger partial charge is 0.0471 e. The van der Waals surface area contributed by atoms with Crippen molar-refractivity contribution in [2.45, 2.75) is 131 Å². The Bertz CT molecular complexity index is 142. The van der Waals surface area contributed by atoms with Crippen LogP contribution in [0.3, 0.4) is 0 Å². The van der Waals surface area contributed by atoms with E-state index < -0.39 is 0 Å². The third-order valence-electron chi connectivity index (χ3n) is 4.09. The summed E-state index contributed by atoms with van der Waals surface area (Å²) in [4.78, 5) is 0. The van der Waals surface area contributed by atoms with E-state index in [4.69, 9.17) is 0 Å². The first-order valence-electron chi connectivity index (χ1n) is 10.2. The topological polar surface area (TPSA) is 0 Å². The Hall–Kier alpha value is 0. The summed E-state index contributed by atoms with van der Waals surface area (Å²) in [5, 5.41) is 0. The predicted molar refractivity (Wildman–Crippen MR) is 101 cm³/mol. The van der Waals surface area contributed by atoms with Crippen LogP contribution in [0.5, 0.6) is 0 Å². The number of hydrogen-bond acceptors (Lipinski definition) is 0. The van der Waals surface area contributed by atoms with Gasteiger partial charge in [-0.3, -0.25) is 0 Å². The molecule has 21 heavy (non-hydrogen) atoms. The van der Waals surface area contributed by atoms with Crippen LogP contribution in [0.4, 0.5) is 0 Å². The van der Waals surface area contributed by atoms with Gasteiger partial charge < -0.3 is 0 Å². The molecule has 0 aliphatic heterocycles. The van der Waals surface area contributed by atoms with Crippen molar-refractivity contribution >= 4 is 0 Å². The first-order valence-corrected chi connectivity index (χ1v) is 10.2. The van der Waals surface area contributed by atoms with Gasteiger partial charge in [-0.05, 0) is 5.92 Å². The summed E-state index contributed by atoms with van der Waals surface area (Å²) in [6, 6.07) is 0. The van der Waals surface area contributed by atoms with Crippen molar-refractivity contribution in [2.24, 2.45) is 5.92 Å². The second-order valence-electron chi connectivity index (χ2n) is 7.07. The van der Waals surface area contributed by atoms with Gasteiger partial charge in [0.25, 0.3) is 0 Å². The molecule has 0 fully saturated rings. The van der Waals surface area contributed by atoms with E-state index in [9.17, 15) is 0 Å². The molecule has 130 valence electrons. The zero-order valence-electron chi connectivity index (χ0n) is 16.2. The van der Waals surface area contributed by atoms with Crippen LogP contribution in [0.15, 0.2) is 0 Å². The van der Waals surface area contributed by atoms with E-state index in [2.05, 4.69) is 34.6 Å². The molecule has 0 unspecified atom stereocenters. The van der Waals surface area contributed by atoms with Gasteiger partial charge in [0.05, 0.1) is 0 Å². The number of rotatable bonds is 14. The molecule has 0 heterocycles. The maximum absolute atomic E-state index is 2.32. The first kappa shape index (κ1) is 23.3. The summed E-state index contributed by atoms with van der Waals surface area (Å²) in [5.74, 6) is 0.903. The maximum atomic E-state index is 2.32. The lowest BCUT2D eigenvalue weighted by molar-refractivity contribution is 0.511. The van der Waals surface area contributed by atoms with Gasteiger partial charge in [-0.15, -0.1) is 0 Å². The Balaban J connectivity index is 0. The van der Waals surface area contributed by atoms with E-state index in [1.54, 1.807) is 0 Å². The minimum absolute atomic E-state index is 0.903. The number of unbranched alkanes of at least 4 members (excludes halogenated alkanes) is 12. The van der Waals surface area contributed by atoms with E-state index >= 15 is 0 Å². The molecule has 0 saturated carbocycles. The van der Waals surface area contributed by atoms with Crippen molar-refractivity contribution in [3.05, 3.63) is 0 Å². The average molecular weight is 299 g/mol. The fourth-order valence-electron chi connectivity index (χ4n) is 2.54. The molecular weight excluding hydrogens is 252 g/mol. The van der Waals surface area contributed by atoms with Crippen LogP contribution in [-0.4, -0.2) is 0 Å². The van der Waals surface area contributed by atoms with Crippen LogP contribution in [0.25, 0.3) is 0 Å². The quantitative estimate of drug-likeness (QED) is 0.282. The fraction of sp³-hybridized carbons (Fsp3) is 1.00. The molecule has 0 nitrogen and oxygen atoms in total. The molecule has 0 aromatic carbocycles. The summed E-state index contributed by atoms with van der Waals surface area (Å²) in [5.41, 5.74) is 0. The van der Waals surface area contributed by atoms with E-state index in [1.807, 2.05) is 0 Å². The van der Waals surface area contributed by atoms with E-state index in [-0.39, 0.29) is 0 Å². The largest absolute Gasteiger partial charge is 0.0654 e. The standard InChI is InChI=1S/C12H26.C9H20/c1-4-5-6-7-8-9-10-11-12(2)3;1-3-5-7-9-8-6-4-2/h12H,4-11H2,1-3H3;3-9H2,1-2H3. The van der Waals surface area contributed by atoms with Crippen LogP contribution >= 0.6 is 0 Å². The second-order valence-corrected chi connectivity index (χ2v) is 7.07. The van der Waals surface area contributed by atoms with E-state index in [0.29, 0.717) is 0 Å². The lowest BCUT2D eigenvalue weighted by Crippen LogP contribution is -1.87. The second kappa shape index (κ2) is 22.3. The highest BCUT2D eigenvalue weighted by molar-refractivity contribution is 4.48. The molecule has 0 bridgehead atoms. The van der Waals surface area contributed by atoms with Crippen molar-refractivity contribution in [2.75, 3.05) is 0 Å². The van der Waals surface area contributed by atoms with Gasteiger partial charge in [0.2, 0.25) is 0 Å². The fourth-order valence-corrected chi connectivity index (χ4v) is 2.54. The SMILES string of the molecule is CCCCCCCCC.CCCCCCCCCC(C)C. The lowest BCUT2D eigenvalue weighted by Gasteiger charge is -2.03. The molecule has 0 atom stereocenters. The molecule has 0 aliphatic carbocycles. The summed E-state index contributed by atoms with van der Waals surface area (Å²) in [6.07, 6.45) is 21.5. The maximum Gasteiger partial charge on any atom is -0.0471 e. The van der Waals surface area contributed by atoms with Gasteiger partial charge in [0.1, 0.15) is 0 Å². The molecule has 0 amide bonds. The van der Waals surface area contributed by atoms with Gasteiger partial charge >= 0.3 is 0 Å². The monoisotopic (exact) mass is 298 g/mol. The lowest BCUT2D eigenvalue weighted by atomic mass is 10.0. The highest BCUT2D eigenvalue weighted by Crippen LogP contribution is 2.11. The van der Waals surface area contributed by atoms with Gasteiger partial charge in [-0.2, -0.15) is 0 Å². The Morgan fingerprint density at radius 1 is 0.429 bits per heavy atom. The third-order valence-corrected chi connectivity index (χ3v) is 4.09. The van der Waals surface area contributed by atoms with Crippen LogP contribution < -0.4 is 0 Å². The Kier molecular flexibility index (Phi) is 24.7. The Morgan fingerprint density at radius 3 is 1.00 bits per heavy atom. The molecule has 0 heteroatoms. The number of hydrogen-bond donors (Lipinski definition) is 0. The molecule has 0 saturated heterocycles. The van der Waals surface area contributed by atoms with Gasteiger partial charge in [-0.1, -0.05) is 131 Å². The molecular formula is C21H46. The van der Waals surface area contributed by atoms with Crippen molar-refractivity contribution in [3.63, 3.8) is 0 Å². The molecule has 0 rings (SSSR count). The van der Waals surface area contributed by atoms with E-state index in [1.165, 1.54) is 96.3 Å². The first-order chi connectivity index (χ1) is 10.2. The van der Waals surface area contributed by atoms with Crippen molar-refractivity contribution < 1.29 is 0 Å². The summed E-state index contributed by atoms with van der Waals surface area (Å²) >= 11 is 0. The predicted octanol–water partition coefficient (Wildman–Crippen LogP) is 8.54. The zero-order chi connectivity index (χ0) is 16.2. The average Bonchev–Trinajstić information content (AvgIpc) is 2.47. The summed E-state index contributed by atoms with van der Waals surface area (Å²) in [7, 11) is 0. The van der Waals surface area contributed by atoms with Gasteiger partial charge in [0, 0.05) is 0 Å².